The molecule has 106 valence electrons. The van der Waals surface area contributed by atoms with Gasteiger partial charge >= 0.3 is 12.0 Å². The third-order valence-corrected chi connectivity index (χ3v) is 4.48. The van der Waals surface area contributed by atoms with E-state index in [0.29, 0.717) is 6.42 Å². The molecule has 2 heterocycles. The summed E-state index contributed by atoms with van der Waals surface area (Å²) >= 11 is 0. The molecule has 2 N–H and O–H groups in total. The summed E-state index contributed by atoms with van der Waals surface area (Å²) < 4.78 is 0. The summed E-state index contributed by atoms with van der Waals surface area (Å²) in [6.45, 7) is 1.94. The van der Waals surface area contributed by atoms with Gasteiger partial charge in [0.1, 0.15) is 0 Å². The van der Waals surface area contributed by atoms with Crippen LogP contribution in [0.4, 0.5) is 10.5 Å². The van der Waals surface area contributed by atoms with Gasteiger partial charge in [0.15, 0.2) is 0 Å². The number of benzene rings is 1. The summed E-state index contributed by atoms with van der Waals surface area (Å²) in [7, 11) is 0. The topological polar surface area (TPSA) is 69.6 Å². The second-order valence-corrected chi connectivity index (χ2v) is 5.63. The van der Waals surface area contributed by atoms with Crippen LogP contribution < -0.4 is 5.32 Å². The van der Waals surface area contributed by atoms with Gasteiger partial charge < -0.3 is 15.3 Å². The van der Waals surface area contributed by atoms with Gasteiger partial charge in [0, 0.05) is 17.8 Å². The molecule has 2 bridgehead atoms. The monoisotopic (exact) mass is 274 g/mol. The summed E-state index contributed by atoms with van der Waals surface area (Å²) in [5.74, 6) is -1.19. The molecule has 2 saturated heterocycles. The van der Waals surface area contributed by atoms with E-state index >= 15 is 0 Å². The Labute approximate surface area is 117 Å². The number of carboxylic acids is 1. The maximum atomic E-state index is 12.4. The van der Waals surface area contributed by atoms with E-state index in [2.05, 4.69) is 5.32 Å². The van der Waals surface area contributed by atoms with Crippen molar-refractivity contribution in [3.63, 3.8) is 0 Å². The molecule has 3 atom stereocenters. The fraction of sp³-hybridized carbons (Fsp3) is 0.467. The molecule has 0 spiro atoms. The first kappa shape index (κ1) is 13.0. The van der Waals surface area contributed by atoms with Crippen molar-refractivity contribution in [2.75, 3.05) is 5.32 Å². The number of hydrogen-bond donors (Lipinski definition) is 2. The highest BCUT2D eigenvalue weighted by molar-refractivity contribution is 5.91. The van der Waals surface area contributed by atoms with E-state index in [-0.39, 0.29) is 18.1 Å². The Hall–Kier alpha value is -2.04. The molecule has 1 aromatic carbocycles. The van der Waals surface area contributed by atoms with E-state index in [1.54, 1.807) is 4.90 Å². The SMILES string of the molecule is Cc1ccccc1NC(=O)N1C2CCC1C(C(=O)O)C2. The highest BCUT2D eigenvalue weighted by atomic mass is 16.4. The van der Waals surface area contributed by atoms with Crippen molar-refractivity contribution in [3.8, 4) is 0 Å². The lowest BCUT2D eigenvalue weighted by Gasteiger charge is -2.23. The number of carboxylic acid groups (broad SMARTS) is 1. The van der Waals surface area contributed by atoms with Gasteiger partial charge in [-0.05, 0) is 37.8 Å². The minimum atomic E-state index is -0.786. The molecule has 2 fully saturated rings. The van der Waals surface area contributed by atoms with Gasteiger partial charge in [-0.15, -0.1) is 0 Å². The molecule has 3 rings (SSSR count). The van der Waals surface area contributed by atoms with Crippen LogP contribution in [0, 0.1) is 12.8 Å². The largest absolute Gasteiger partial charge is 0.481 e. The molecular weight excluding hydrogens is 256 g/mol. The van der Waals surface area contributed by atoms with Crippen molar-refractivity contribution in [2.24, 2.45) is 5.92 Å². The van der Waals surface area contributed by atoms with Gasteiger partial charge in [0.25, 0.3) is 0 Å². The fourth-order valence-electron chi connectivity index (χ4n) is 3.46. The molecule has 2 aliphatic heterocycles. The van der Waals surface area contributed by atoms with Gasteiger partial charge in [-0.25, -0.2) is 4.79 Å². The third-order valence-electron chi connectivity index (χ3n) is 4.48. The standard InChI is InChI=1S/C15H18N2O3/c1-9-4-2-3-5-12(9)16-15(20)17-10-6-7-13(17)11(8-10)14(18)19/h2-5,10-11,13H,6-8H2,1H3,(H,16,20)(H,18,19). The lowest BCUT2D eigenvalue weighted by molar-refractivity contribution is -0.142. The lowest BCUT2D eigenvalue weighted by atomic mass is 9.89. The Morgan fingerprint density at radius 3 is 2.70 bits per heavy atom. The number of nitrogens with one attached hydrogen (secondary N) is 1. The summed E-state index contributed by atoms with van der Waals surface area (Å²) in [6.07, 6.45) is 2.29. The number of aryl methyl sites for hydroxylation is 1. The van der Waals surface area contributed by atoms with Gasteiger partial charge in [-0.2, -0.15) is 0 Å². The van der Waals surface area contributed by atoms with E-state index in [1.165, 1.54) is 0 Å². The Balaban J connectivity index is 1.76. The highest BCUT2D eigenvalue weighted by Crippen LogP contribution is 2.42. The van der Waals surface area contributed by atoms with Crippen molar-refractivity contribution in [2.45, 2.75) is 38.3 Å². The minimum absolute atomic E-state index is 0.0742. The van der Waals surface area contributed by atoms with Crippen molar-refractivity contribution < 1.29 is 14.7 Å². The van der Waals surface area contributed by atoms with E-state index in [9.17, 15) is 14.7 Å². The number of urea groups is 1. The summed E-state index contributed by atoms with van der Waals surface area (Å²) in [5.41, 5.74) is 1.79. The number of aliphatic carboxylic acids is 1. The number of carbonyl (C=O) groups is 2. The normalized spacial score (nSPS) is 27.6. The first-order valence-corrected chi connectivity index (χ1v) is 6.95. The van der Waals surface area contributed by atoms with E-state index in [1.807, 2.05) is 31.2 Å². The quantitative estimate of drug-likeness (QED) is 0.870. The lowest BCUT2D eigenvalue weighted by Crippen LogP contribution is -2.40. The predicted octanol–water partition coefficient (Wildman–Crippen LogP) is 2.46. The number of rotatable bonds is 2. The Bertz CT molecular complexity index is 558. The number of carbonyl (C=O) groups excluding carboxylic acids is 1. The van der Waals surface area contributed by atoms with Crippen LogP contribution in [-0.4, -0.2) is 34.1 Å². The molecule has 2 aliphatic rings. The van der Waals surface area contributed by atoms with Gasteiger partial charge in [0.05, 0.1) is 5.92 Å². The van der Waals surface area contributed by atoms with E-state index in [4.69, 9.17) is 0 Å². The molecule has 0 radical (unpaired) electrons. The molecule has 3 unspecified atom stereocenters. The first-order valence-electron chi connectivity index (χ1n) is 6.95. The second kappa shape index (κ2) is 4.81. The van der Waals surface area contributed by atoms with E-state index in [0.717, 1.165) is 24.1 Å². The van der Waals surface area contributed by atoms with Crippen LogP contribution in [0.25, 0.3) is 0 Å². The highest BCUT2D eigenvalue weighted by Gasteiger charge is 2.51. The average molecular weight is 274 g/mol. The Kier molecular flexibility index (Phi) is 3.12. The molecule has 0 saturated carbocycles. The Morgan fingerprint density at radius 1 is 1.30 bits per heavy atom. The summed E-state index contributed by atoms with van der Waals surface area (Å²) in [4.78, 5) is 25.4. The number of amides is 2. The van der Waals surface area contributed by atoms with Crippen LogP contribution in [0.15, 0.2) is 24.3 Å². The molecule has 0 aromatic heterocycles. The maximum Gasteiger partial charge on any atom is 0.322 e. The van der Waals surface area contributed by atoms with Gasteiger partial charge in [0.2, 0.25) is 0 Å². The van der Waals surface area contributed by atoms with Crippen molar-refractivity contribution in [1.29, 1.82) is 0 Å². The second-order valence-electron chi connectivity index (χ2n) is 5.63. The maximum absolute atomic E-state index is 12.4. The third kappa shape index (κ3) is 2.03. The summed E-state index contributed by atoms with van der Waals surface area (Å²) in [6, 6.07) is 7.35. The average Bonchev–Trinajstić information content (AvgIpc) is 2.99. The molecular formula is C15H18N2O3. The molecule has 1 aromatic rings. The van der Waals surface area contributed by atoms with Crippen molar-refractivity contribution >= 4 is 17.7 Å². The smallest absolute Gasteiger partial charge is 0.322 e. The van der Waals surface area contributed by atoms with Crippen molar-refractivity contribution in [1.82, 2.24) is 4.90 Å². The predicted molar refractivity (Wildman–Crippen MR) is 74.6 cm³/mol. The number of fused-ring (bicyclic) bond motifs is 2. The molecule has 5 heteroatoms. The van der Waals surface area contributed by atoms with Crippen LogP contribution in [-0.2, 0) is 4.79 Å². The van der Waals surface area contributed by atoms with Crippen molar-refractivity contribution in [3.05, 3.63) is 29.8 Å². The zero-order valence-corrected chi connectivity index (χ0v) is 11.4. The first-order chi connectivity index (χ1) is 9.58. The zero-order valence-electron chi connectivity index (χ0n) is 11.4. The van der Waals surface area contributed by atoms with Crippen LogP contribution in [0.1, 0.15) is 24.8 Å². The molecule has 5 nitrogen and oxygen atoms in total. The zero-order chi connectivity index (χ0) is 14.3. The molecule has 20 heavy (non-hydrogen) atoms. The van der Waals surface area contributed by atoms with Crippen LogP contribution in [0.5, 0.6) is 0 Å². The van der Waals surface area contributed by atoms with Gasteiger partial charge in [-0.1, -0.05) is 18.2 Å². The van der Waals surface area contributed by atoms with Crippen LogP contribution in [0.3, 0.4) is 0 Å². The Morgan fingerprint density at radius 2 is 2.05 bits per heavy atom. The molecule has 2 amide bonds. The number of nitrogens with zero attached hydrogens (tertiary/aromatic N) is 1. The minimum Gasteiger partial charge on any atom is -0.481 e. The number of para-hydroxylation sites is 1. The fourth-order valence-corrected chi connectivity index (χ4v) is 3.46. The van der Waals surface area contributed by atoms with Crippen LogP contribution in [0.2, 0.25) is 0 Å². The van der Waals surface area contributed by atoms with Crippen LogP contribution >= 0.6 is 0 Å². The number of anilines is 1. The van der Waals surface area contributed by atoms with E-state index < -0.39 is 11.9 Å². The molecule has 0 aliphatic carbocycles. The summed E-state index contributed by atoms with van der Waals surface area (Å²) in [5, 5.41) is 12.1. The number of hydrogen-bond acceptors (Lipinski definition) is 2. The van der Waals surface area contributed by atoms with Gasteiger partial charge in [-0.3, -0.25) is 4.79 Å².